The monoisotopic (exact) mass is 185 g/mol. The lowest BCUT2D eigenvalue weighted by Crippen LogP contribution is -2.41. The Hall–Kier alpha value is -1.26. The van der Waals surface area contributed by atoms with E-state index in [0.717, 1.165) is 32.3 Å². The summed E-state index contributed by atoms with van der Waals surface area (Å²) in [6.45, 7) is 2.13. The molecule has 1 heterocycles. The van der Waals surface area contributed by atoms with Crippen LogP contribution in [0.25, 0.3) is 0 Å². The molecule has 0 radical (unpaired) electrons. The first kappa shape index (κ1) is 9.83. The van der Waals surface area contributed by atoms with Gasteiger partial charge in [0.05, 0.1) is 0 Å². The van der Waals surface area contributed by atoms with Crippen LogP contribution in [-0.2, 0) is 4.79 Å². The fourth-order valence-corrected chi connectivity index (χ4v) is 1.60. The zero-order valence-electron chi connectivity index (χ0n) is 7.53. The van der Waals surface area contributed by atoms with E-state index >= 15 is 0 Å². The SMILES string of the molecule is NC(=O)NCC1CCCN(C=O)C1. The highest BCUT2D eigenvalue weighted by atomic mass is 16.2. The molecule has 1 aliphatic rings. The van der Waals surface area contributed by atoms with E-state index in [4.69, 9.17) is 5.73 Å². The molecule has 3 N–H and O–H groups in total. The van der Waals surface area contributed by atoms with Gasteiger partial charge in [0.2, 0.25) is 6.41 Å². The fourth-order valence-electron chi connectivity index (χ4n) is 1.60. The second-order valence-corrected chi connectivity index (χ2v) is 3.35. The molecule has 0 aromatic heterocycles. The van der Waals surface area contributed by atoms with E-state index in [1.807, 2.05) is 0 Å². The molecule has 0 aromatic rings. The van der Waals surface area contributed by atoms with Crippen LogP contribution in [0.4, 0.5) is 4.79 Å². The van der Waals surface area contributed by atoms with Crippen LogP contribution >= 0.6 is 0 Å². The number of piperidine rings is 1. The van der Waals surface area contributed by atoms with Gasteiger partial charge in [0.1, 0.15) is 0 Å². The molecule has 5 nitrogen and oxygen atoms in total. The summed E-state index contributed by atoms with van der Waals surface area (Å²) >= 11 is 0. The topological polar surface area (TPSA) is 75.4 Å². The van der Waals surface area contributed by atoms with Crippen molar-refractivity contribution in [3.8, 4) is 0 Å². The molecule has 3 amide bonds. The van der Waals surface area contributed by atoms with Crippen molar-refractivity contribution in [1.29, 1.82) is 0 Å². The molecule has 1 atom stereocenters. The van der Waals surface area contributed by atoms with E-state index < -0.39 is 6.03 Å². The summed E-state index contributed by atoms with van der Waals surface area (Å²) in [7, 11) is 0. The molecule has 0 aromatic carbocycles. The van der Waals surface area contributed by atoms with E-state index in [-0.39, 0.29) is 0 Å². The van der Waals surface area contributed by atoms with Gasteiger partial charge < -0.3 is 16.0 Å². The molecule has 13 heavy (non-hydrogen) atoms. The highest BCUT2D eigenvalue weighted by Crippen LogP contribution is 2.13. The first-order valence-corrected chi connectivity index (χ1v) is 4.45. The van der Waals surface area contributed by atoms with Crippen LogP contribution in [0.2, 0.25) is 0 Å². The number of hydrogen-bond acceptors (Lipinski definition) is 2. The van der Waals surface area contributed by atoms with Gasteiger partial charge in [-0.3, -0.25) is 4.79 Å². The summed E-state index contributed by atoms with van der Waals surface area (Å²) < 4.78 is 0. The molecule has 5 heteroatoms. The van der Waals surface area contributed by atoms with Gasteiger partial charge in [0, 0.05) is 19.6 Å². The minimum Gasteiger partial charge on any atom is -0.352 e. The smallest absolute Gasteiger partial charge is 0.312 e. The Labute approximate surface area is 77.3 Å². The van der Waals surface area contributed by atoms with Gasteiger partial charge in [-0.1, -0.05) is 0 Å². The number of hydrogen-bond donors (Lipinski definition) is 2. The molecule has 1 aliphatic heterocycles. The van der Waals surface area contributed by atoms with Crippen molar-refractivity contribution in [3.05, 3.63) is 0 Å². The first-order valence-electron chi connectivity index (χ1n) is 4.45. The van der Waals surface area contributed by atoms with Crippen molar-refractivity contribution < 1.29 is 9.59 Å². The Morgan fingerprint density at radius 3 is 3.08 bits per heavy atom. The number of carbonyl (C=O) groups excluding carboxylic acids is 2. The summed E-state index contributed by atoms with van der Waals surface area (Å²) in [5, 5.41) is 2.56. The predicted molar refractivity (Wildman–Crippen MR) is 47.9 cm³/mol. The summed E-state index contributed by atoms with van der Waals surface area (Å²) in [5.74, 6) is 0.353. The Morgan fingerprint density at radius 1 is 1.69 bits per heavy atom. The summed E-state index contributed by atoms with van der Waals surface area (Å²) in [4.78, 5) is 22.6. The number of primary amides is 1. The first-order chi connectivity index (χ1) is 6.22. The third-order valence-corrected chi connectivity index (χ3v) is 2.26. The molecular weight excluding hydrogens is 170 g/mol. The van der Waals surface area contributed by atoms with E-state index in [1.165, 1.54) is 0 Å². The molecule has 1 unspecified atom stereocenters. The maximum absolute atomic E-state index is 10.5. The molecule has 0 bridgehead atoms. The van der Waals surface area contributed by atoms with Crippen molar-refractivity contribution in [2.24, 2.45) is 11.7 Å². The molecule has 0 aliphatic carbocycles. The predicted octanol–water partition coefficient (Wildman–Crippen LogP) is -0.477. The molecule has 74 valence electrons. The van der Waals surface area contributed by atoms with Crippen molar-refractivity contribution in [1.82, 2.24) is 10.2 Å². The Balaban J connectivity index is 2.25. The number of amides is 3. The molecular formula is C8H15N3O2. The maximum atomic E-state index is 10.5. The van der Waals surface area contributed by atoms with Gasteiger partial charge in [0.15, 0.2) is 0 Å². The number of nitrogens with two attached hydrogens (primary N) is 1. The number of carbonyl (C=O) groups is 2. The molecule has 1 saturated heterocycles. The van der Waals surface area contributed by atoms with Crippen LogP contribution in [0.1, 0.15) is 12.8 Å². The van der Waals surface area contributed by atoms with Crippen LogP contribution in [-0.4, -0.2) is 37.0 Å². The number of nitrogens with one attached hydrogen (secondary N) is 1. The minimum atomic E-state index is -0.497. The number of likely N-dealkylation sites (tertiary alicyclic amines) is 1. The second-order valence-electron chi connectivity index (χ2n) is 3.35. The van der Waals surface area contributed by atoms with Crippen LogP contribution in [0.15, 0.2) is 0 Å². The highest BCUT2D eigenvalue weighted by molar-refractivity contribution is 5.71. The average molecular weight is 185 g/mol. The Bertz CT molecular complexity index is 196. The van der Waals surface area contributed by atoms with Crippen molar-refractivity contribution in [2.45, 2.75) is 12.8 Å². The van der Waals surface area contributed by atoms with Crippen molar-refractivity contribution in [2.75, 3.05) is 19.6 Å². The van der Waals surface area contributed by atoms with Crippen LogP contribution in [0, 0.1) is 5.92 Å². The number of nitrogens with zero attached hydrogens (tertiary/aromatic N) is 1. The van der Waals surface area contributed by atoms with Crippen molar-refractivity contribution >= 4 is 12.4 Å². The zero-order valence-corrected chi connectivity index (χ0v) is 7.53. The second kappa shape index (κ2) is 4.69. The normalized spacial score (nSPS) is 22.5. The number of urea groups is 1. The maximum Gasteiger partial charge on any atom is 0.312 e. The molecule has 1 fully saturated rings. The Morgan fingerprint density at radius 2 is 2.46 bits per heavy atom. The van der Waals surface area contributed by atoms with E-state index in [2.05, 4.69) is 5.32 Å². The molecule has 0 saturated carbocycles. The minimum absolute atomic E-state index is 0.353. The van der Waals surface area contributed by atoms with Crippen LogP contribution < -0.4 is 11.1 Å². The van der Waals surface area contributed by atoms with E-state index in [1.54, 1.807) is 4.90 Å². The van der Waals surface area contributed by atoms with E-state index in [9.17, 15) is 9.59 Å². The Kier molecular flexibility index (Phi) is 3.54. The fraction of sp³-hybridized carbons (Fsp3) is 0.750. The standard InChI is InChI=1S/C8H15N3O2/c9-8(13)10-4-7-2-1-3-11(5-7)6-12/h6-7H,1-5H2,(H3,9,10,13). The van der Waals surface area contributed by atoms with Crippen LogP contribution in [0.3, 0.4) is 0 Å². The lowest BCUT2D eigenvalue weighted by molar-refractivity contribution is -0.119. The molecule has 0 spiro atoms. The summed E-state index contributed by atoms with van der Waals surface area (Å²) in [6, 6.07) is -0.497. The van der Waals surface area contributed by atoms with Gasteiger partial charge in [-0.25, -0.2) is 4.79 Å². The van der Waals surface area contributed by atoms with Crippen molar-refractivity contribution in [3.63, 3.8) is 0 Å². The average Bonchev–Trinajstić information content (AvgIpc) is 2.15. The quantitative estimate of drug-likeness (QED) is 0.583. The third kappa shape index (κ3) is 3.31. The summed E-state index contributed by atoms with van der Waals surface area (Å²) in [5.41, 5.74) is 4.94. The zero-order chi connectivity index (χ0) is 9.68. The van der Waals surface area contributed by atoms with Gasteiger partial charge in [-0.2, -0.15) is 0 Å². The van der Waals surface area contributed by atoms with Gasteiger partial charge in [0.25, 0.3) is 0 Å². The van der Waals surface area contributed by atoms with Gasteiger partial charge in [-0.15, -0.1) is 0 Å². The van der Waals surface area contributed by atoms with Gasteiger partial charge in [-0.05, 0) is 18.8 Å². The lowest BCUT2D eigenvalue weighted by atomic mass is 9.98. The van der Waals surface area contributed by atoms with Gasteiger partial charge >= 0.3 is 6.03 Å². The van der Waals surface area contributed by atoms with E-state index in [0.29, 0.717) is 12.5 Å². The third-order valence-electron chi connectivity index (χ3n) is 2.26. The summed E-state index contributed by atoms with van der Waals surface area (Å²) in [6.07, 6.45) is 2.91. The lowest BCUT2D eigenvalue weighted by Gasteiger charge is -2.29. The van der Waals surface area contributed by atoms with Crippen LogP contribution in [0.5, 0.6) is 0 Å². The number of rotatable bonds is 3. The highest BCUT2D eigenvalue weighted by Gasteiger charge is 2.18. The molecule has 1 rings (SSSR count). The largest absolute Gasteiger partial charge is 0.352 e.